The lowest BCUT2D eigenvalue weighted by Crippen LogP contribution is -2.38. The molecule has 1 atom stereocenters. The van der Waals surface area contributed by atoms with Crippen LogP contribution in [0.2, 0.25) is 0 Å². The van der Waals surface area contributed by atoms with Crippen LogP contribution in [0.15, 0.2) is 48.5 Å². The first-order valence-electron chi connectivity index (χ1n) is 10.1. The molecule has 3 amide bonds. The number of carbonyl (C=O) groups is 3. The molecule has 2 aromatic carbocycles. The first-order valence-corrected chi connectivity index (χ1v) is 10.1. The molecule has 1 unspecified atom stereocenters. The number of hydrogen-bond acceptors (Lipinski definition) is 3. The first-order chi connectivity index (χ1) is 14.4. The van der Waals surface area contributed by atoms with Crippen molar-refractivity contribution in [2.24, 2.45) is 5.92 Å². The molecule has 3 rings (SSSR count). The van der Waals surface area contributed by atoms with Crippen LogP contribution >= 0.6 is 0 Å². The Morgan fingerprint density at radius 1 is 1.10 bits per heavy atom. The van der Waals surface area contributed by atoms with Crippen LogP contribution in [0.25, 0.3) is 0 Å². The van der Waals surface area contributed by atoms with E-state index in [1.165, 1.54) is 18.2 Å². The molecule has 1 aliphatic rings. The lowest BCUT2D eigenvalue weighted by Gasteiger charge is -2.18. The van der Waals surface area contributed by atoms with Crippen molar-refractivity contribution in [3.8, 4) is 0 Å². The zero-order chi connectivity index (χ0) is 21.7. The molecule has 0 radical (unpaired) electrons. The van der Waals surface area contributed by atoms with Gasteiger partial charge in [0.05, 0.1) is 11.5 Å². The second-order valence-corrected chi connectivity index (χ2v) is 7.68. The van der Waals surface area contributed by atoms with E-state index >= 15 is 0 Å². The summed E-state index contributed by atoms with van der Waals surface area (Å²) in [4.78, 5) is 38.5. The minimum absolute atomic E-state index is 0.0375. The summed E-state index contributed by atoms with van der Waals surface area (Å²) in [5.74, 6) is -1.53. The van der Waals surface area contributed by atoms with Crippen molar-refractivity contribution in [2.75, 3.05) is 24.5 Å². The maximum atomic E-state index is 13.6. The average Bonchev–Trinajstić information content (AvgIpc) is 3.13. The van der Waals surface area contributed by atoms with Gasteiger partial charge >= 0.3 is 0 Å². The Kier molecular flexibility index (Phi) is 6.82. The van der Waals surface area contributed by atoms with Gasteiger partial charge in [0, 0.05) is 31.7 Å². The van der Waals surface area contributed by atoms with Crippen LogP contribution in [0.4, 0.5) is 10.1 Å². The third-order valence-corrected chi connectivity index (χ3v) is 5.17. The highest BCUT2D eigenvalue weighted by atomic mass is 19.1. The monoisotopic (exact) mass is 411 g/mol. The van der Waals surface area contributed by atoms with E-state index in [-0.39, 0.29) is 36.9 Å². The molecule has 0 bridgehead atoms. The average molecular weight is 411 g/mol. The van der Waals surface area contributed by atoms with Crippen molar-refractivity contribution in [3.05, 3.63) is 65.5 Å². The molecule has 0 saturated carbocycles. The number of hydrogen-bond donors (Lipinski definition) is 2. The highest BCUT2D eigenvalue weighted by Crippen LogP contribution is 2.27. The van der Waals surface area contributed by atoms with Crippen LogP contribution < -0.4 is 15.5 Å². The van der Waals surface area contributed by atoms with E-state index < -0.39 is 17.6 Å². The molecule has 2 N–H and O–H groups in total. The topological polar surface area (TPSA) is 78.5 Å². The van der Waals surface area contributed by atoms with Crippen molar-refractivity contribution in [1.29, 1.82) is 0 Å². The third-order valence-electron chi connectivity index (χ3n) is 5.17. The van der Waals surface area contributed by atoms with Gasteiger partial charge in [-0.2, -0.15) is 0 Å². The summed E-state index contributed by atoms with van der Waals surface area (Å²) in [6, 6.07) is 13.5. The lowest BCUT2D eigenvalue weighted by molar-refractivity contribution is -0.126. The molecule has 6 nitrogen and oxygen atoms in total. The largest absolute Gasteiger partial charge is 0.354 e. The van der Waals surface area contributed by atoms with Gasteiger partial charge in [0.2, 0.25) is 11.8 Å². The Morgan fingerprint density at radius 2 is 1.83 bits per heavy atom. The zero-order valence-electron chi connectivity index (χ0n) is 17.2. The maximum Gasteiger partial charge on any atom is 0.254 e. The molecule has 158 valence electrons. The van der Waals surface area contributed by atoms with Crippen LogP contribution in [0.1, 0.15) is 42.1 Å². The summed E-state index contributed by atoms with van der Waals surface area (Å²) in [5, 5.41) is 5.32. The molecular weight excluding hydrogens is 385 g/mol. The summed E-state index contributed by atoms with van der Waals surface area (Å²) >= 11 is 0. The number of benzene rings is 2. The predicted molar refractivity (Wildman–Crippen MR) is 113 cm³/mol. The fourth-order valence-corrected chi connectivity index (χ4v) is 3.43. The van der Waals surface area contributed by atoms with Crippen molar-refractivity contribution in [1.82, 2.24) is 10.6 Å². The van der Waals surface area contributed by atoms with E-state index in [1.807, 2.05) is 24.3 Å². The van der Waals surface area contributed by atoms with Gasteiger partial charge in [-0.15, -0.1) is 0 Å². The van der Waals surface area contributed by atoms with E-state index in [2.05, 4.69) is 24.5 Å². The van der Waals surface area contributed by atoms with E-state index in [0.717, 1.165) is 11.3 Å². The highest BCUT2D eigenvalue weighted by Gasteiger charge is 2.35. The van der Waals surface area contributed by atoms with Gasteiger partial charge in [0.1, 0.15) is 5.82 Å². The Labute approximate surface area is 175 Å². The molecule has 0 aliphatic carbocycles. The van der Waals surface area contributed by atoms with Gasteiger partial charge in [-0.3, -0.25) is 14.4 Å². The number of carbonyl (C=O) groups excluding carboxylic acids is 3. The predicted octanol–water partition coefficient (Wildman–Crippen LogP) is 2.85. The minimum Gasteiger partial charge on any atom is -0.354 e. The van der Waals surface area contributed by atoms with Gasteiger partial charge in [-0.1, -0.05) is 38.1 Å². The Morgan fingerprint density at radius 3 is 2.57 bits per heavy atom. The van der Waals surface area contributed by atoms with Crippen LogP contribution in [0.3, 0.4) is 0 Å². The maximum absolute atomic E-state index is 13.6. The Balaban J connectivity index is 1.48. The molecule has 1 heterocycles. The van der Waals surface area contributed by atoms with Crippen LogP contribution in [0.5, 0.6) is 0 Å². The second-order valence-electron chi connectivity index (χ2n) is 7.68. The first kappa shape index (κ1) is 21.5. The lowest BCUT2D eigenvalue weighted by atomic mass is 10.0. The molecule has 1 aliphatic heterocycles. The number of rotatable bonds is 7. The smallest absolute Gasteiger partial charge is 0.254 e. The molecular formula is C23H26FN3O3. The number of amides is 3. The summed E-state index contributed by atoms with van der Waals surface area (Å²) in [5.41, 5.74) is 1.90. The molecule has 7 heteroatoms. The number of anilines is 1. The molecule has 1 saturated heterocycles. The van der Waals surface area contributed by atoms with Gasteiger partial charge in [-0.25, -0.2) is 4.39 Å². The quantitative estimate of drug-likeness (QED) is 0.688. The standard InChI is InChI=1S/C23H26FN3O3/c1-15(2)16-6-5-7-18(12-16)27-14-17(13-21(27)28)22(29)25-10-11-26-23(30)19-8-3-4-9-20(19)24/h3-9,12,15,17H,10-11,13-14H2,1-2H3,(H,25,29)(H,26,30). The molecule has 30 heavy (non-hydrogen) atoms. The zero-order valence-corrected chi connectivity index (χ0v) is 17.2. The van der Waals surface area contributed by atoms with Crippen molar-refractivity contribution < 1.29 is 18.8 Å². The SMILES string of the molecule is CC(C)c1cccc(N2CC(C(=O)NCCNC(=O)c3ccccc3F)CC2=O)c1. The van der Waals surface area contributed by atoms with E-state index in [4.69, 9.17) is 0 Å². The summed E-state index contributed by atoms with van der Waals surface area (Å²) in [7, 11) is 0. The molecule has 0 spiro atoms. The Bertz CT molecular complexity index is 945. The van der Waals surface area contributed by atoms with Crippen molar-refractivity contribution >= 4 is 23.4 Å². The fraction of sp³-hybridized carbons (Fsp3) is 0.348. The summed E-state index contributed by atoms with van der Waals surface area (Å²) in [6.07, 6.45) is 0.152. The van der Waals surface area contributed by atoms with Gasteiger partial charge < -0.3 is 15.5 Å². The van der Waals surface area contributed by atoms with Gasteiger partial charge in [-0.05, 0) is 35.7 Å². The van der Waals surface area contributed by atoms with E-state index in [0.29, 0.717) is 12.5 Å². The molecule has 2 aromatic rings. The fourth-order valence-electron chi connectivity index (χ4n) is 3.43. The van der Waals surface area contributed by atoms with Crippen LogP contribution in [-0.4, -0.2) is 37.4 Å². The molecule has 0 aromatic heterocycles. The van der Waals surface area contributed by atoms with Crippen molar-refractivity contribution in [3.63, 3.8) is 0 Å². The third kappa shape index (κ3) is 5.03. The number of halogens is 1. The summed E-state index contributed by atoms with van der Waals surface area (Å²) < 4.78 is 13.6. The molecule has 1 fully saturated rings. The van der Waals surface area contributed by atoms with Crippen LogP contribution in [-0.2, 0) is 9.59 Å². The van der Waals surface area contributed by atoms with Gasteiger partial charge in [0.15, 0.2) is 0 Å². The summed E-state index contributed by atoms with van der Waals surface area (Å²) in [6.45, 7) is 4.87. The van der Waals surface area contributed by atoms with E-state index in [1.54, 1.807) is 11.0 Å². The van der Waals surface area contributed by atoms with Crippen LogP contribution in [0, 0.1) is 11.7 Å². The highest BCUT2D eigenvalue weighted by molar-refractivity contribution is 6.00. The van der Waals surface area contributed by atoms with Gasteiger partial charge in [0.25, 0.3) is 5.91 Å². The van der Waals surface area contributed by atoms with E-state index in [9.17, 15) is 18.8 Å². The Hall–Kier alpha value is -3.22. The van der Waals surface area contributed by atoms with Crippen molar-refractivity contribution in [2.45, 2.75) is 26.2 Å². The normalized spacial score (nSPS) is 16.1. The second kappa shape index (κ2) is 9.52. The number of nitrogens with zero attached hydrogens (tertiary/aromatic N) is 1. The number of nitrogens with one attached hydrogen (secondary N) is 2. The minimum atomic E-state index is -0.592.